The first-order chi connectivity index (χ1) is 6.20. The Hall–Kier alpha value is -0.970. The fourth-order valence-electron chi connectivity index (χ4n) is 1.49. The zero-order chi connectivity index (χ0) is 9.42. The highest BCUT2D eigenvalue weighted by Crippen LogP contribution is 2.20. The summed E-state index contributed by atoms with van der Waals surface area (Å²) in [4.78, 5) is 13.2. The number of aryl methyl sites for hydroxylation is 1. The van der Waals surface area contributed by atoms with Gasteiger partial charge in [0.05, 0.1) is 11.4 Å². The topological polar surface area (TPSA) is 38.1 Å². The summed E-state index contributed by atoms with van der Waals surface area (Å²) in [6, 6.07) is 1.84. The molecule has 0 aromatic carbocycles. The summed E-state index contributed by atoms with van der Waals surface area (Å²) in [6.45, 7) is 0.757. The lowest BCUT2D eigenvalue weighted by molar-refractivity contribution is -0.117. The van der Waals surface area contributed by atoms with Crippen molar-refractivity contribution in [2.24, 2.45) is 0 Å². The largest absolute Gasteiger partial charge is 0.299 e. The monoisotopic (exact) mass is 197 g/mol. The van der Waals surface area contributed by atoms with Crippen molar-refractivity contribution in [3.05, 3.63) is 12.3 Å². The van der Waals surface area contributed by atoms with Crippen LogP contribution in [-0.2, 0) is 11.3 Å². The van der Waals surface area contributed by atoms with E-state index in [4.69, 9.17) is 0 Å². The van der Waals surface area contributed by atoms with E-state index >= 15 is 0 Å². The molecule has 1 atom stereocenters. The molecule has 1 aromatic heterocycles. The first-order valence-corrected chi connectivity index (χ1v) is 4.69. The van der Waals surface area contributed by atoms with Crippen molar-refractivity contribution in [1.82, 2.24) is 9.78 Å². The van der Waals surface area contributed by atoms with Crippen LogP contribution in [0.5, 0.6) is 0 Å². The molecule has 0 saturated heterocycles. The second-order valence-corrected chi connectivity index (χ2v) is 3.74. The molecule has 0 radical (unpaired) electrons. The predicted molar refractivity (Wildman–Crippen MR) is 53.0 cm³/mol. The second kappa shape index (κ2) is 3.06. The van der Waals surface area contributed by atoms with Gasteiger partial charge < -0.3 is 0 Å². The fraction of sp³-hybridized carbons (Fsp3) is 0.500. The average Bonchev–Trinajstić information content (AvgIpc) is 2.56. The molecule has 1 aromatic rings. The molecule has 2 heterocycles. The van der Waals surface area contributed by atoms with Crippen LogP contribution >= 0.6 is 12.6 Å². The van der Waals surface area contributed by atoms with Crippen LogP contribution in [0.1, 0.15) is 6.42 Å². The van der Waals surface area contributed by atoms with Crippen molar-refractivity contribution in [3.8, 4) is 0 Å². The molecule has 70 valence electrons. The van der Waals surface area contributed by atoms with E-state index in [1.54, 1.807) is 18.1 Å². The van der Waals surface area contributed by atoms with Gasteiger partial charge in [0.2, 0.25) is 5.91 Å². The van der Waals surface area contributed by atoms with Crippen LogP contribution in [0.15, 0.2) is 12.3 Å². The van der Waals surface area contributed by atoms with E-state index in [0.29, 0.717) is 0 Å². The Kier molecular flexibility index (Phi) is 2.03. The lowest BCUT2D eigenvalue weighted by atomic mass is 10.3. The van der Waals surface area contributed by atoms with Gasteiger partial charge >= 0.3 is 0 Å². The maximum atomic E-state index is 11.6. The predicted octanol–water partition coefficient (Wildman–Crippen LogP) is 0.548. The molecule has 2 rings (SSSR count). The molecule has 5 heteroatoms. The highest BCUT2D eigenvalue weighted by atomic mass is 32.1. The van der Waals surface area contributed by atoms with E-state index in [2.05, 4.69) is 17.7 Å². The van der Waals surface area contributed by atoms with Gasteiger partial charge in [-0.3, -0.25) is 9.69 Å². The number of nitrogens with zero attached hydrogens (tertiary/aromatic N) is 3. The molecule has 0 N–H and O–H groups in total. The first kappa shape index (κ1) is 8.62. The third-order valence-electron chi connectivity index (χ3n) is 2.27. The number of rotatable bonds is 0. The normalized spacial score (nSPS) is 22.8. The van der Waals surface area contributed by atoms with E-state index in [1.165, 1.54) is 0 Å². The van der Waals surface area contributed by atoms with Crippen LogP contribution < -0.4 is 4.90 Å². The summed E-state index contributed by atoms with van der Waals surface area (Å²) >= 11 is 4.23. The molecule has 1 unspecified atom stereocenters. The number of aromatic nitrogens is 2. The Morgan fingerprint density at radius 2 is 2.46 bits per heavy atom. The lowest BCUT2D eigenvalue weighted by Crippen LogP contribution is -2.32. The summed E-state index contributed by atoms with van der Waals surface area (Å²) in [5.74, 6) is 0.893. The lowest BCUT2D eigenvalue weighted by Gasteiger charge is -2.15. The van der Waals surface area contributed by atoms with Crippen LogP contribution in [0.3, 0.4) is 0 Å². The molecule has 1 aliphatic rings. The zero-order valence-electron chi connectivity index (χ0n) is 7.34. The number of carbonyl (C=O) groups is 1. The number of thiol groups is 1. The summed E-state index contributed by atoms with van der Waals surface area (Å²) in [5.41, 5.74) is 0. The summed E-state index contributed by atoms with van der Waals surface area (Å²) in [7, 11) is 1.75. The van der Waals surface area contributed by atoms with Crippen molar-refractivity contribution < 1.29 is 4.79 Å². The number of fused-ring (bicyclic) bond motifs is 1. The van der Waals surface area contributed by atoms with E-state index in [0.717, 1.165) is 18.8 Å². The quantitative estimate of drug-likeness (QED) is 0.617. The van der Waals surface area contributed by atoms with Gasteiger partial charge in [0.1, 0.15) is 5.82 Å². The minimum Gasteiger partial charge on any atom is -0.299 e. The van der Waals surface area contributed by atoms with Crippen molar-refractivity contribution in [2.75, 3.05) is 11.9 Å². The van der Waals surface area contributed by atoms with Gasteiger partial charge in [-0.15, -0.1) is 0 Å². The molecule has 1 amide bonds. The SMILES string of the molecule is CN1C(=O)C(S)CCn2nccc21. The van der Waals surface area contributed by atoms with Crippen molar-refractivity contribution in [1.29, 1.82) is 0 Å². The number of carbonyl (C=O) groups excluding carboxylic acids is 1. The Bertz CT molecular complexity index is 336. The Balaban J connectivity index is 2.40. The standard InChI is InChI=1S/C8H11N3OS/c1-10-7-2-4-9-11(7)5-3-6(13)8(10)12/h2,4,6,13H,3,5H2,1H3. The van der Waals surface area contributed by atoms with Gasteiger partial charge in [0.25, 0.3) is 0 Å². The summed E-state index contributed by atoms with van der Waals surface area (Å²) in [6.07, 6.45) is 2.44. The van der Waals surface area contributed by atoms with Crippen LogP contribution in [0.25, 0.3) is 0 Å². The number of anilines is 1. The molecular weight excluding hydrogens is 186 g/mol. The Morgan fingerprint density at radius 3 is 3.23 bits per heavy atom. The van der Waals surface area contributed by atoms with E-state index < -0.39 is 0 Å². The zero-order valence-corrected chi connectivity index (χ0v) is 8.24. The molecule has 13 heavy (non-hydrogen) atoms. The highest BCUT2D eigenvalue weighted by Gasteiger charge is 2.25. The minimum absolute atomic E-state index is 0.0441. The van der Waals surface area contributed by atoms with Crippen molar-refractivity contribution in [3.63, 3.8) is 0 Å². The van der Waals surface area contributed by atoms with Crippen LogP contribution in [0.2, 0.25) is 0 Å². The average molecular weight is 197 g/mol. The van der Waals surface area contributed by atoms with Crippen LogP contribution in [0, 0.1) is 0 Å². The van der Waals surface area contributed by atoms with Gasteiger partial charge in [0, 0.05) is 19.7 Å². The van der Waals surface area contributed by atoms with Gasteiger partial charge in [-0.2, -0.15) is 17.7 Å². The number of amides is 1. The summed E-state index contributed by atoms with van der Waals surface area (Å²) < 4.78 is 1.83. The van der Waals surface area contributed by atoms with E-state index in [9.17, 15) is 4.79 Å². The minimum atomic E-state index is -0.202. The molecule has 0 fully saturated rings. The van der Waals surface area contributed by atoms with Crippen molar-refractivity contribution in [2.45, 2.75) is 18.2 Å². The molecule has 0 aliphatic carbocycles. The Morgan fingerprint density at radius 1 is 1.69 bits per heavy atom. The van der Waals surface area contributed by atoms with Gasteiger partial charge in [-0.25, -0.2) is 4.68 Å². The second-order valence-electron chi connectivity index (χ2n) is 3.11. The number of hydrogen-bond acceptors (Lipinski definition) is 3. The van der Waals surface area contributed by atoms with Crippen molar-refractivity contribution >= 4 is 24.4 Å². The first-order valence-electron chi connectivity index (χ1n) is 4.17. The fourth-order valence-corrected chi connectivity index (χ4v) is 1.78. The van der Waals surface area contributed by atoms with E-state index in [1.807, 2.05) is 10.7 Å². The van der Waals surface area contributed by atoms with Crippen LogP contribution in [0.4, 0.5) is 5.82 Å². The molecule has 1 aliphatic heterocycles. The van der Waals surface area contributed by atoms with Gasteiger partial charge in [0.15, 0.2) is 0 Å². The third kappa shape index (κ3) is 1.33. The molecule has 0 spiro atoms. The van der Waals surface area contributed by atoms with Crippen LogP contribution in [-0.4, -0.2) is 28.0 Å². The molecule has 0 bridgehead atoms. The summed E-state index contributed by atoms with van der Waals surface area (Å²) in [5, 5.41) is 3.92. The Labute approximate surface area is 81.9 Å². The molecule has 4 nitrogen and oxygen atoms in total. The highest BCUT2D eigenvalue weighted by molar-refractivity contribution is 7.81. The third-order valence-corrected chi connectivity index (χ3v) is 2.75. The maximum absolute atomic E-state index is 11.6. The maximum Gasteiger partial charge on any atom is 0.240 e. The van der Waals surface area contributed by atoms with Gasteiger partial charge in [-0.1, -0.05) is 0 Å². The smallest absolute Gasteiger partial charge is 0.240 e. The van der Waals surface area contributed by atoms with E-state index in [-0.39, 0.29) is 11.2 Å². The number of hydrogen-bond donors (Lipinski definition) is 1. The molecule has 0 saturated carbocycles. The van der Waals surface area contributed by atoms with Gasteiger partial charge in [-0.05, 0) is 6.42 Å². The molecular formula is C8H11N3OS.